The molecule has 1 aliphatic rings. The molecular formula is C19H20N4O2. The minimum atomic E-state index is -0.280. The number of rotatable bonds is 5. The number of carbonyl (C=O) groups is 2. The van der Waals surface area contributed by atoms with Gasteiger partial charge < -0.3 is 11.1 Å². The Kier molecular flexibility index (Phi) is 4.79. The number of benzene rings is 2. The van der Waals surface area contributed by atoms with Crippen molar-refractivity contribution in [2.45, 2.75) is 13.3 Å². The van der Waals surface area contributed by atoms with E-state index >= 15 is 0 Å². The molecule has 0 saturated heterocycles. The van der Waals surface area contributed by atoms with Crippen molar-refractivity contribution in [3.05, 3.63) is 65.2 Å². The third-order valence-corrected chi connectivity index (χ3v) is 4.09. The zero-order chi connectivity index (χ0) is 17.8. The lowest BCUT2D eigenvalue weighted by atomic mass is 10.1. The highest BCUT2D eigenvalue weighted by molar-refractivity contribution is 6.21. The zero-order valence-corrected chi connectivity index (χ0v) is 14.0. The number of fused-ring (bicyclic) bond motifs is 1. The van der Waals surface area contributed by atoms with E-state index in [1.165, 1.54) is 10.5 Å². The number of hydrogen-bond donors (Lipinski definition) is 2. The van der Waals surface area contributed by atoms with E-state index in [0.717, 1.165) is 12.1 Å². The number of nitrogens with two attached hydrogens (primary N) is 1. The Bertz CT molecular complexity index is 810. The molecule has 6 heteroatoms. The van der Waals surface area contributed by atoms with Crippen molar-refractivity contribution in [3.63, 3.8) is 0 Å². The number of carbonyl (C=O) groups excluding carboxylic acids is 2. The Hall–Kier alpha value is -3.15. The summed E-state index contributed by atoms with van der Waals surface area (Å²) in [7, 11) is 0. The predicted octanol–water partition coefficient (Wildman–Crippen LogP) is 2.27. The van der Waals surface area contributed by atoms with Crippen molar-refractivity contribution in [2.75, 3.05) is 18.4 Å². The van der Waals surface area contributed by atoms with Gasteiger partial charge in [-0.05, 0) is 36.2 Å². The third kappa shape index (κ3) is 3.52. The van der Waals surface area contributed by atoms with Gasteiger partial charge in [-0.1, -0.05) is 31.2 Å². The lowest BCUT2D eigenvalue weighted by Crippen LogP contribution is -2.33. The number of anilines is 1. The van der Waals surface area contributed by atoms with Crippen LogP contribution in [0.25, 0.3) is 0 Å². The van der Waals surface area contributed by atoms with Crippen molar-refractivity contribution in [2.24, 2.45) is 10.7 Å². The summed E-state index contributed by atoms with van der Waals surface area (Å²) in [5, 5.41) is 3.02. The quantitative estimate of drug-likeness (QED) is 0.498. The van der Waals surface area contributed by atoms with Crippen molar-refractivity contribution >= 4 is 23.5 Å². The van der Waals surface area contributed by atoms with Crippen LogP contribution in [0.15, 0.2) is 53.5 Å². The Labute approximate surface area is 146 Å². The van der Waals surface area contributed by atoms with Crippen molar-refractivity contribution in [1.82, 2.24) is 4.90 Å². The number of aliphatic imine (C=N–C) groups is 1. The molecule has 0 aliphatic carbocycles. The van der Waals surface area contributed by atoms with E-state index in [4.69, 9.17) is 5.73 Å². The van der Waals surface area contributed by atoms with E-state index in [-0.39, 0.29) is 30.9 Å². The molecule has 128 valence electrons. The van der Waals surface area contributed by atoms with Gasteiger partial charge in [0.25, 0.3) is 11.8 Å². The van der Waals surface area contributed by atoms with Gasteiger partial charge in [0.2, 0.25) is 0 Å². The van der Waals surface area contributed by atoms with Crippen molar-refractivity contribution in [1.29, 1.82) is 0 Å². The van der Waals surface area contributed by atoms with Crippen LogP contribution in [0.5, 0.6) is 0 Å². The van der Waals surface area contributed by atoms with E-state index < -0.39 is 0 Å². The Morgan fingerprint density at radius 1 is 1.08 bits per heavy atom. The minimum absolute atomic E-state index is 0.198. The van der Waals surface area contributed by atoms with Gasteiger partial charge in [0.15, 0.2) is 5.96 Å². The molecule has 1 heterocycles. The molecule has 0 unspecified atom stereocenters. The fourth-order valence-electron chi connectivity index (χ4n) is 2.77. The maximum Gasteiger partial charge on any atom is 0.261 e. The van der Waals surface area contributed by atoms with E-state index in [1.807, 2.05) is 24.3 Å². The largest absolute Gasteiger partial charge is 0.370 e. The van der Waals surface area contributed by atoms with Gasteiger partial charge in [-0.25, -0.2) is 0 Å². The summed E-state index contributed by atoms with van der Waals surface area (Å²) in [5.41, 5.74) is 8.83. The smallest absolute Gasteiger partial charge is 0.261 e. The second kappa shape index (κ2) is 7.17. The van der Waals surface area contributed by atoms with Gasteiger partial charge >= 0.3 is 0 Å². The van der Waals surface area contributed by atoms with Gasteiger partial charge in [0, 0.05) is 12.2 Å². The molecule has 0 radical (unpaired) electrons. The summed E-state index contributed by atoms with van der Waals surface area (Å²) in [6, 6.07) is 14.7. The molecule has 0 aromatic heterocycles. The molecule has 6 nitrogen and oxygen atoms in total. The molecule has 0 spiro atoms. The Balaban J connectivity index is 1.60. The Morgan fingerprint density at radius 2 is 1.76 bits per heavy atom. The van der Waals surface area contributed by atoms with Crippen LogP contribution < -0.4 is 11.1 Å². The minimum Gasteiger partial charge on any atom is -0.370 e. The summed E-state index contributed by atoms with van der Waals surface area (Å²) in [4.78, 5) is 29.9. The Morgan fingerprint density at radius 3 is 2.40 bits per heavy atom. The average molecular weight is 336 g/mol. The van der Waals surface area contributed by atoms with Crippen LogP contribution in [0, 0.1) is 0 Å². The molecule has 1 aliphatic heterocycles. The molecule has 0 fully saturated rings. The van der Waals surface area contributed by atoms with Gasteiger partial charge in [-0.3, -0.25) is 19.5 Å². The second-order valence-corrected chi connectivity index (χ2v) is 5.75. The molecule has 3 rings (SSSR count). The average Bonchev–Trinajstić information content (AvgIpc) is 2.87. The van der Waals surface area contributed by atoms with Crippen molar-refractivity contribution in [3.8, 4) is 0 Å². The standard InChI is InChI=1S/C19H20N4O2/c1-2-13-6-5-7-14(12-13)22-19(20)21-10-11-23-17(24)15-8-3-4-9-16(15)18(23)25/h3-9,12H,2,10-11H2,1H3,(H3,20,21,22). The molecule has 0 saturated carbocycles. The number of aryl methyl sites for hydroxylation is 1. The normalized spacial score (nSPS) is 14.0. The number of hydrogen-bond acceptors (Lipinski definition) is 3. The highest BCUT2D eigenvalue weighted by Gasteiger charge is 2.34. The van der Waals surface area contributed by atoms with Crippen LogP contribution in [0.4, 0.5) is 5.69 Å². The summed E-state index contributed by atoms with van der Waals surface area (Å²) in [6.07, 6.45) is 0.937. The molecular weight excluding hydrogens is 316 g/mol. The highest BCUT2D eigenvalue weighted by Crippen LogP contribution is 2.21. The van der Waals surface area contributed by atoms with Crippen LogP contribution in [-0.2, 0) is 6.42 Å². The molecule has 25 heavy (non-hydrogen) atoms. The molecule has 0 bridgehead atoms. The van der Waals surface area contributed by atoms with Crippen LogP contribution >= 0.6 is 0 Å². The molecule has 2 amide bonds. The topological polar surface area (TPSA) is 87.8 Å². The third-order valence-electron chi connectivity index (χ3n) is 4.09. The highest BCUT2D eigenvalue weighted by atomic mass is 16.2. The summed E-state index contributed by atoms with van der Waals surface area (Å²) < 4.78 is 0. The first kappa shape index (κ1) is 16.7. The van der Waals surface area contributed by atoms with Crippen LogP contribution in [0.2, 0.25) is 0 Å². The van der Waals surface area contributed by atoms with Gasteiger partial charge in [0.1, 0.15) is 0 Å². The molecule has 2 aromatic rings. The predicted molar refractivity (Wildman–Crippen MR) is 97.7 cm³/mol. The monoisotopic (exact) mass is 336 g/mol. The lowest BCUT2D eigenvalue weighted by molar-refractivity contribution is 0.0659. The first-order valence-electron chi connectivity index (χ1n) is 8.21. The van der Waals surface area contributed by atoms with E-state index in [0.29, 0.717) is 11.1 Å². The number of nitrogens with one attached hydrogen (secondary N) is 1. The summed E-state index contributed by atoms with van der Waals surface area (Å²) >= 11 is 0. The van der Waals surface area contributed by atoms with Crippen LogP contribution in [0.3, 0.4) is 0 Å². The van der Waals surface area contributed by atoms with Gasteiger partial charge in [-0.15, -0.1) is 0 Å². The maximum atomic E-state index is 12.3. The van der Waals surface area contributed by atoms with Crippen LogP contribution in [-0.4, -0.2) is 35.8 Å². The molecule has 3 N–H and O–H groups in total. The fraction of sp³-hybridized carbons (Fsp3) is 0.211. The van der Waals surface area contributed by atoms with E-state index in [9.17, 15) is 9.59 Å². The first-order valence-corrected chi connectivity index (χ1v) is 8.21. The number of amides is 2. The molecule has 0 atom stereocenters. The van der Waals surface area contributed by atoms with E-state index in [2.05, 4.69) is 17.2 Å². The number of guanidine groups is 1. The summed E-state index contributed by atoms with van der Waals surface area (Å²) in [5.74, 6) is -0.305. The first-order chi connectivity index (χ1) is 12.1. The second-order valence-electron chi connectivity index (χ2n) is 5.75. The fourth-order valence-corrected chi connectivity index (χ4v) is 2.77. The van der Waals surface area contributed by atoms with Crippen molar-refractivity contribution < 1.29 is 9.59 Å². The zero-order valence-electron chi connectivity index (χ0n) is 14.0. The van der Waals surface area contributed by atoms with Gasteiger partial charge in [0.05, 0.1) is 17.7 Å². The number of nitrogens with zero attached hydrogens (tertiary/aromatic N) is 2. The van der Waals surface area contributed by atoms with Crippen LogP contribution in [0.1, 0.15) is 33.2 Å². The van der Waals surface area contributed by atoms with Gasteiger partial charge in [-0.2, -0.15) is 0 Å². The lowest BCUT2D eigenvalue weighted by Gasteiger charge is -2.12. The molecule has 2 aromatic carbocycles. The van der Waals surface area contributed by atoms with E-state index in [1.54, 1.807) is 24.3 Å². The number of imide groups is 1. The maximum absolute atomic E-state index is 12.3. The SMILES string of the molecule is CCc1cccc(NC(N)=NCCN2C(=O)c3ccccc3C2=O)c1. The summed E-state index contributed by atoms with van der Waals surface area (Å²) in [6.45, 7) is 2.53.